The van der Waals surface area contributed by atoms with Crippen LogP contribution >= 0.6 is 11.6 Å². The van der Waals surface area contributed by atoms with Crippen molar-refractivity contribution in [3.63, 3.8) is 0 Å². The van der Waals surface area contributed by atoms with Crippen LogP contribution in [0.3, 0.4) is 0 Å². The summed E-state index contributed by atoms with van der Waals surface area (Å²) >= 11 is 5.95. The summed E-state index contributed by atoms with van der Waals surface area (Å²) in [4.78, 5) is 49.5. The van der Waals surface area contributed by atoms with Gasteiger partial charge in [0.1, 0.15) is 5.75 Å². The Hall–Kier alpha value is -2.41. The number of halogens is 1. The van der Waals surface area contributed by atoms with Crippen molar-refractivity contribution in [3.8, 4) is 5.75 Å². The Morgan fingerprint density at radius 1 is 1.22 bits per heavy atom. The van der Waals surface area contributed by atoms with Crippen molar-refractivity contribution >= 4 is 35.2 Å². The second-order valence-electron chi connectivity index (χ2n) is 5.22. The number of carbonyl (C=O) groups is 4. The van der Waals surface area contributed by atoms with Crippen molar-refractivity contribution in [2.45, 2.75) is 19.9 Å². The summed E-state index contributed by atoms with van der Waals surface area (Å²) in [6.45, 7) is 2.70. The van der Waals surface area contributed by atoms with Gasteiger partial charge >= 0.3 is 17.8 Å². The second-order valence-corrected chi connectivity index (χ2v) is 5.62. The largest absolute Gasteiger partial charge is 0.495 e. The highest BCUT2D eigenvalue weighted by atomic mass is 35.5. The van der Waals surface area contributed by atoms with E-state index < -0.39 is 36.2 Å². The summed E-state index contributed by atoms with van der Waals surface area (Å²) in [5, 5.41) is 0.234. The number of Topliss-reactive ketones (excluding diaryl/α,β-unsaturated/α-hetero) is 1. The first-order valence-corrected chi connectivity index (χ1v) is 7.21. The Labute approximate surface area is 137 Å². The number of ether oxygens (including phenoxy) is 1. The van der Waals surface area contributed by atoms with Gasteiger partial charge in [0.05, 0.1) is 18.7 Å². The Morgan fingerprint density at radius 3 is 2.35 bits per heavy atom. The van der Waals surface area contributed by atoms with Gasteiger partial charge in [-0.1, -0.05) is 11.6 Å². The number of carbonyl (C=O) groups excluding carboxylic acids is 4. The summed E-state index contributed by atoms with van der Waals surface area (Å²) in [6, 6.07) is 3.11. The van der Waals surface area contributed by atoms with E-state index in [1.165, 1.54) is 25.3 Å². The number of urea groups is 1. The molecule has 1 aliphatic heterocycles. The van der Waals surface area contributed by atoms with Crippen LogP contribution in [0.25, 0.3) is 0 Å². The summed E-state index contributed by atoms with van der Waals surface area (Å²) in [7, 11) is 1.44. The molecule has 23 heavy (non-hydrogen) atoms. The molecule has 0 saturated carbocycles. The van der Waals surface area contributed by atoms with Gasteiger partial charge in [-0.2, -0.15) is 0 Å². The van der Waals surface area contributed by atoms with Crippen LogP contribution in [0.1, 0.15) is 24.2 Å². The minimum atomic E-state index is -1.00. The van der Waals surface area contributed by atoms with Crippen LogP contribution in [-0.2, 0) is 9.59 Å². The molecule has 2 rings (SSSR count). The van der Waals surface area contributed by atoms with Gasteiger partial charge in [0, 0.05) is 11.6 Å². The summed E-state index contributed by atoms with van der Waals surface area (Å²) < 4.78 is 4.99. The van der Waals surface area contributed by atoms with E-state index in [2.05, 4.69) is 0 Å². The smallest absolute Gasteiger partial charge is 0.334 e. The first-order chi connectivity index (χ1) is 10.8. The van der Waals surface area contributed by atoms with Gasteiger partial charge in [-0.05, 0) is 32.0 Å². The van der Waals surface area contributed by atoms with Gasteiger partial charge in [0.15, 0.2) is 5.78 Å². The molecule has 0 aliphatic carbocycles. The molecule has 0 N–H and O–H groups in total. The summed E-state index contributed by atoms with van der Waals surface area (Å²) in [5.74, 6) is -2.03. The van der Waals surface area contributed by atoms with Gasteiger partial charge in [0.2, 0.25) is 0 Å². The molecule has 0 atom stereocenters. The highest BCUT2D eigenvalue weighted by molar-refractivity contribution is 6.45. The van der Waals surface area contributed by atoms with Crippen LogP contribution in [0, 0.1) is 0 Å². The lowest BCUT2D eigenvalue weighted by molar-refractivity contribution is -0.143. The number of benzene rings is 1. The topological polar surface area (TPSA) is 84.0 Å². The molecule has 1 aromatic carbocycles. The van der Waals surface area contributed by atoms with E-state index in [0.717, 1.165) is 4.90 Å². The Balaban J connectivity index is 2.20. The van der Waals surface area contributed by atoms with Gasteiger partial charge in [-0.3, -0.25) is 19.3 Å². The summed E-state index contributed by atoms with van der Waals surface area (Å²) in [5.41, 5.74) is 0.215. The van der Waals surface area contributed by atoms with Crippen molar-refractivity contribution in [1.82, 2.24) is 9.80 Å². The predicted octanol–water partition coefficient (Wildman–Crippen LogP) is 1.73. The Kier molecular flexibility index (Phi) is 4.70. The second kappa shape index (κ2) is 6.37. The maximum atomic E-state index is 12.3. The van der Waals surface area contributed by atoms with Crippen LogP contribution in [0.15, 0.2) is 18.2 Å². The standard InChI is InChI=1S/C15H15ClN2O5/c1-8(2)18-14(21)13(20)17(15(18)22)7-11(19)9-4-5-12(23-3)10(16)6-9/h4-6,8H,7H2,1-3H3. The lowest BCUT2D eigenvalue weighted by atomic mass is 10.1. The quantitative estimate of drug-likeness (QED) is 0.464. The van der Waals surface area contributed by atoms with Crippen molar-refractivity contribution in [2.24, 2.45) is 0 Å². The maximum absolute atomic E-state index is 12.3. The minimum absolute atomic E-state index is 0.215. The molecule has 4 amide bonds. The SMILES string of the molecule is COc1ccc(C(=O)CN2C(=O)C(=O)N(C(C)C)C2=O)cc1Cl. The predicted molar refractivity (Wildman–Crippen MR) is 81.4 cm³/mol. The van der Waals surface area contributed by atoms with Crippen LogP contribution in [0.2, 0.25) is 5.02 Å². The van der Waals surface area contributed by atoms with E-state index >= 15 is 0 Å². The molecule has 0 bridgehead atoms. The maximum Gasteiger partial charge on any atom is 0.334 e. The number of amides is 4. The summed E-state index contributed by atoms with van der Waals surface area (Å²) in [6.07, 6.45) is 0. The van der Waals surface area contributed by atoms with Gasteiger partial charge in [-0.25, -0.2) is 9.69 Å². The number of hydrogen-bond acceptors (Lipinski definition) is 5. The number of methoxy groups -OCH3 is 1. The average molecular weight is 339 g/mol. The highest BCUT2D eigenvalue weighted by Crippen LogP contribution is 2.25. The van der Waals surface area contributed by atoms with Gasteiger partial charge in [-0.15, -0.1) is 0 Å². The molecule has 8 heteroatoms. The van der Waals surface area contributed by atoms with Crippen molar-refractivity contribution < 1.29 is 23.9 Å². The zero-order valence-electron chi connectivity index (χ0n) is 12.8. The molecule has 1 aromatic rings. The molecule has 1 aliphatic rings. The van der Waals surface area contributed by atoms with Crippen molar-refractivity contribution in [1.29, 1.82) is 0 Å². The highest BCUT2D eigenvalue weighted by Gasteiger charge is 2.46. The molecule has 1 heterocycles. The first-order valence-electron chi connectivity index (χ1n) is 6.83. The molecule has 0 spiro atoms. The minimum Gasteiger partial charge on any atom is -0.495 e. The number of ketones is 1. The van der Waals surface area contributed by atoms with E-state index in [4.69, 9.17) is 16.3 Å². The van der Waals surface area contributed by atoms with Crippen molar-refractivity contribution in [3.05, 3.63) is 28.8 Å². The molecule has 0 unspecified atom stereocenters. The average Bonchev–Trinajstić information content (AvgIpc) is 2.70. The zero-order valence-corrected chi connectivity index (χ0v) is 13.6. The Morgan fingerprint density at radius 2 is 1.87 bits per heavy atom. The molecular weight excluding hydrogens is 324 g/mol. The lowest BCUT2D eigenvalue weighted by Gasteiger charge is -2.18. The van der Waals surface area contributed by atoms with E-state index in [1.54, 1.807) is 13.8 Å². The number of imide groups is 2. The monoisotopic (exact) mass is 338 g/mol. The van der Waals surface area contributed by atoms with E-state index in [9.17, 15) is 19.2 Å². The van der Waals surface area contributed by atoms with Crippen LogP contribution in [-0.4, -0.2) is 53.1 Å². The van der Waals surface area contributed by atoms with E-state index in [0.29, 0.717) is 10.6 Å². The first kappa shape index (κ1) is 17.0. The van der Waals surface area contributed by atoms with Crippen LogP contribution in [0.4, 0.5) is 4.79 Å². The molecule has 1 saturated heterocycles. The fourth-order valence-electron chi connectivity index (χ4n) is 2.19. The van der Waals surface area contributed by atoms with Gasteiger partial charge in [0.25, 0.3) is 0 Å². The lowest BCUT2D eigenvalue weighted by Crippen LogP contribution is -2.39. The van der Waals surface area contributed by atoms with Crippen LogP contribution < -0.4 is 4.74 Å². The third-order valence-corrected chi connectivity index (χ3v) is 3.67. The van der Waals surface area contributed by atoms with Crippen LogP contribution in [0.5, 0.6) is 5.75 Å². The molecule has 7 nitrogen and oxygen atoms in total. The number of nitrogens with zero attached hydrogens (tertiary/aromatic N) is 2. The van der Waals surface area contributed by atoms with Crippen molar-refractivity contribution in [2.75, 3.05) is 13.7 Å². The Bertz CT molecular complexity index is 701. The molecule has 0 aromatic heterocycles. The zero-order chi connectivity index (χ0) is 17.3. The van der Waals surface area contributed by atoms with Gasteiger partial charge < -0.3 is 4.74 Å². The molecule has 0 radical (unpaired) electrons. The molecule has 122 valence electrons. The molecule has 1 fully saturated rings. The third kappa shape index (κ3) is 3.05. The normalized spacial score (nSPS) is 14.9. The number of hydrogen-bond donors (Lipinski definition) is 0. The van der Waals surface area contributed by atoms with E-state index in [-0.39, 0.29) is 10.6 Å². The third-order valence-electron chi connectivity index (χ3n) is 3.38. The fraction of sp³-hybridized carbons (Fsp3) is 0.333. The van der Waals surface area contributed by atoms with E-state index in [1.807, 2.05) is 0 Å². The molecular formula is C15H15ClN2O5. The fourth-order valence-corrected chi connectivity index (χ4v) is 2.45. The number of rotatable bonds is 5.